The van der Waals surface area contributed by atoms with E-state index in [0.29, 0.717) is 17.6 Å². The highest BCUT2D eigenvalue weighted by Gasteiger charge is 2.28. The molecular formula is C55H31N5. The lowest BCUT2D eigenvalue weighted by Gasteiger charge is -2.14. The number of hydrogen-bond acceptors (Lipinski definition) is 3. The van der Waals surface area contributed by atoms with Crippen molar-refractivity contribution in [3.8, 4) is 45.5 Å². The van der Waals surface area contributed by atoms with Crippen LogP contribution >= 0.6 is 0 Å². The maximum absolute atomic E-state index is 5.47. The molecule has 0 amide bonds. The van der Waals surface area contributed by atoms with Crippen LogP contribution in [-0.4, -0.2) is 24.1 Å². The molecule has 13 aromatic rings. The molecule has 0 radical (unpaired) electrons. The predicted molar refractivity (Wildman–Crippen MR) is 248 cm³/mol. The topological polar surface area (TPSA) is 48.5 Å². The second kappa shape index (κ2) is 11.7. The molecule has 0 atom stereocenters. The minimum atomic E-state index is 0.588. The number of hydrogen-bond donors (Lipinski definition) is 0. The largest absolute Gasteiger partial charge is 0.309 e. The van der Waals surface area contributed by atoms with Crippen molar-refractivity contribution in [3.05, 3.63) is 188 Å². The number of benzene rings is 10. The van der Waals surface area contributed by atoms with E-state index in [1.54, 1.807) is 0 Å². The van der Waals surface area contributed by atoms with E-state index in [0.717, 1.165) is 38.6 Å². The first kappa shape index (κ1) is 31.9. The molecule has 60 heavy (non-hydrogen) atoms. The molecule has 0 fully saturated rings. The molecule has 0 aliphatic heterocycles. The van der Waals surface area contributed by atoms with Gasteiger partial charge in [0.25, 0.3) is 0 Å². The van der Waals surface area contributed by atoms with E-state index in [1.165, 1.54) is 76.0 Å². The van der Waals surface area contributed by atoms with Gasteiger partial charge in [-0.25, -0.2) is 4.98 Å². The molecule has 3 aromatic heterocycles. The zero-order valence-corrected chi connectivity index (χ0v) is 32.1. The normalized spacial score (nSPS) is 12.3. The highest BCUT2D eigenvalue weighted by molar-refractivity contribution is 6.38. The van der Waals surface area contributed by atoms with Crippen LogP contribution in [0.15, 0.2) is 188 Å². The highest BCUT2D eigenvalue weighted by Crippen LogP contribution is 2.51. The van der Waals surface area contributed by atoms with Gasteiger partial charge in [-0.1, -0.05) is 146 Å². The Kier molecular flexibility index (Phi) is 6.23. The van der Waals surface area contributed by atoms with Crippen LogP contribution in [0.5, 0.6) is 0 Å². The summed E-state index contributed by atoms with van der Waals surface area (Å²) >= 11 is 0. The molecule has 1 aliphatic rings. The van der Waals surface area contributed by atoms with Gasteiger partial charge < -0.3 is 4.57 Å². The van der Waals surface area contributed by atoms with E-state index in [1.807, 2.05) is 0 Å². The smallest absolute Gasteiger partial charge is 0.238 e. The van der Waals surface area contributed by atoms with Crippen molar-refractivity contribution < 1.29 is 0 Å². The van der Waals surface area contributed by atoms with Gasteiger partial charge in [-0.15, -0.1) is 0 Å². The van der Waals surface area contributed by atoms with E-state index in [2.05, 4.69) is 197 Å². The van der Waals surface area contributed by atoms with Gasteiger partial charge in [0.2, 0.25) is 5.95 Å². The Morgan fingerprint density at radius 1 is 0.300 bits per heavy atom. The average Bonchev–Trinajstić information content (AvgIpc) is 3.80. The maximum atomic E-state index is 5.47. The number of aromatic nitrogens is 5. The molecule has 0 N–H and O–H groups in total. The second-order valence-electron chi connectivity index (χ2n) is 16.0. The molecule has 5 nitrogen and oxygen atoms in total. The molecule has 10 aromatic carbocycles. The van der Waals surface area contributed by atoms with Gasteiger partial charge in [-0.2, -0.15) is 9.97 Å². The summed E-state index contributed by atoms with van der Waals surface area (Å²) in [6.07, 6.45) is 0. The summed E-state index contributed by atoms with van der Waals surface area (Å²) < 4.78 is 4.71. The summed E-state index contributed by atoms with van der Waals surface area (Å²) in [5.41, 5.74) is 10.0. The summed E-state index contributed by atoms with van der Waals surface area (Å²) in [5.74, 6) is 1.86. The summed E-state index contributed by atoms with van der Waals surface area (Å²) in [6, 6.07) is 67.7. The third kappa shape index (κ3) is 4.22. The summed E-state index contributed by atoms with van der Waals surface area (Å²) in [6.45, 7) is 0. The zero-order chi connectivity index (χ0) is 39.1. The van der Waals surface area contributed by atoms with Gasteiger partial charge in [0.15, 0.2) is 11.6 Å². The van der Waals surface area contributed by atoms with Crippen molar-refractivity contribution >= 4 is 86.7 Å². The van der Waals surface area contributed by atoms with Crippen molar-refractivity contribution in [2.24, 2.45) is 0 Å². The molecular weight excluding hydrogens is 731 g/mol. The Labute approximate surface area is 343 Å². The van der Waals surface area contributed by atoms with E-state index in [-0.39, 0.29) is 0 Å². The van der Waals surface area contributed by atoms with Gasteiger partial charge in [-0.05, 0) is 91.3 Å². The molecule has 14 rings (SSSR count). The lowest BCUT2D eigenvalue weighted by Crippen LogP contribution is -2.06. The molecule has 0 saturated heterocycles. The first-order chi connectivity index (χ1) is 29.8. The Morgan fingerprint density at radius 3 is 1.68 bits per heavy atom. The number of rotatable bonds is 4. The molecule has 1 aliphatic carbocycles. The van der Waals surface area contributed by atoms with Crippen LogP contribution in [0.2, 0.25) is 0 Å². The minimum Gasteiger partial charge on any atom is -0.309 e. The van der Waals surface area contributed by atoms with E-state index >= 15 is 0 Å². The molecule has 0 bridgehead atoms. The third-order valence-electron chi connectivity index (χ3n) is 12.9. The van der Waals surface area contributed by atoms with E-state index < -0.39 is 0 Å². The fourth-order valence-corrected chi connectivity index (χ4v) is 10.3. The predicted octanol–water partition coefficient (Wildman–Crippen LogP) is 14.0. The van der Waals surface area contributed by atoms with Crippen LogP contribution in [0.3, 0.4) is 0 Å². The van der Waals surface area contributed by atoms with Gasteiger partial charge in [-0.3, -0.25) is 4.57 Å². The van der Waals surface area contributed by atoms with Crippen LogP contribution in [0.25, 0.3) is 132 Å². The Bertz CT molecular complexity index is 4010. The second-order valence-corrected chi connectivity index (χ2v) is 16.0. The number of fused-ring (bicyclic) bond motifs is 5. The molecule has 0 saturated carbocycles. The van der Waals surface area contributed by atoms with Gasteiger partial charge in [0.1, 0.15) is 0 Å². The summed E-state index contributed by atoms with van der Waals surface area (Å²) in [7, 11) is 0. The van der Waals surface area contributed by atoms with E-state index in [9.17, 15) is 0 Å². The van der Waals surface area contributed by atoms with Crippen molar-refractivity contribution in [2.45, 2.75) is 0 Å². The fraction of sp³-hybridized carbons (Fsp3) is 0. The standard InChI is InChI=1S/C55H31N5/c1-2-14-37(15-3-1)59-44-21-9-18-41-42-19-10-22-45-50(42)52-47(30-27-34-26-29-46(59)51(48(34)52)49(41)44)60(45)55-57-53(36-24-23-32-11-4-5-13-35(32)31-36)56-54(58-55)43-20-8-17-39-38-16-7-6-12-33(38)25-28-40(39)43/h1-31H. The summed E-state index contributed by atoms with van der Waals surface area (Å²) in [4.78, 5) is 16.2. The van der Waals surface area contributed by atoms with Crippen LogP contribution in [0.4, 0.5) is 0 Å². The SMILES string of the molecule is c1ccc(-n2c3cccc4c3c3c5c(ccc32)ccc2c5c3c-4cccc3n2-c2nc(-c3ccc4ccccc4c3)nc(-c3cccc4c3ccc3ccccc34)n2)cc1. The maximum Gasteiger partial charge on any atom is 0.238 e. The van der Waals surface area contributed by atoms with Crippen molar-refractivity contribution in [2.75, 3.05) is 0 Å². The van der Waals surface area contributed by atoms with Gasteiger partial charge in [0, 0.05) is 43.7 Å². The first-order valence-corrected chi connectivity index (χ1v) is 20.5. The first-order valence-electron chi connectivity index (χ1n) is 20.5. The Hall–Kier alpha value is -8.15. The number of nitrogens with zero attached hydrogens (tertiary/aromatic N) is 5. The fourth-order valence-electron chi connectivity index (χ4n) is 10.3. The molecule has 5 heteroatoms. The highest BCUT2D eigenvalue weighted by atomic mass is 15.2. The van der Waals surface area contributed by atoms with Crippen LogP contribution < -0.4 is 0 Å². The van der Waals surface area contributed by atoms with Gasteiger partial charge in [0.05, 0.1) is 22.1 Å². The summed E-state index contributed by atoms with van der Waals surface area (Å²) in [5, 5.41) is 14.5. The van der Waals surface area contributed by atoms with Crippen molar-refractivity contribution in [1.82, 2.24) is 24.1 Å². The Balaban J connectivity index is 1.12. The zero-order valence-electron chi connectivity index (χ0n) is 32.1. The molecule has 0 unspecified atom stereocenters. The van der Waals surface area contributed by atoms with Crippen molar-refractivity contribution in [1.29, 1.82) is 0 Å². The van der Waals surface area contributed by atoms with Crippen LogP contribution in [0.1, 0.15) is 0 Å². The number of para-hydroxylation sites is 1. The van der Waals surface area contributed by atoms with E-state index in [4.69, 9.17) is 15.0 Å². The van der Waals surface area contributed by atoms with Crippen LogP contribution in [0, 0.1) is 0 Å². The monoisotopic (exact) mass is 761 g/mol. The molecule has 3 heterocycles. The molecule has 0 spiro atoms. The third-order valence-corrected chi connectivity index (χ3v) is 12.9. The quantitative estimate of drug-likeness (QED) is 0.168. The minimum absolute atomic E-state index is 0.588. The Morgan fingerprint density at radius 2 is 0.883 bits per heavy atom. The lowest BCUT2D eigenvalue weighted by molar-refractivity contribution is 0.955. The average molecular weight is 762 g/mol. The van der Waals surface area contributed by atoms with Crippen LogP contribution in [-0.2, 0) is 0 Å². The lowest BCUT2D eigenvalue weighted by atomic mass is 9.98. The molecule has 276 valence electrons. The van der Waals surface area contributed by atoms with Crippen molar-refractivity contribution in [3.63, 3.8) is 0 Å². The van der Waals surface area contributed by atoms with Gasteiger partial charge >= 0.3 is 0 Å².